The lowest BCUT2D eigenvalue weighted by atomic mass is 10.2. The number of para-hydroxylation sites is 1. The number of fused-ring (bicyclic) bond motifs is 1. The van der Waals surface area contributed by atoms with Crippen molar-refractivity contribution in [3.63, 3.8) is 0 Å². The minimum absolute atomic E-state index is 0.0491. The summed E-state index contributed by atoms with van der Waals surface area (Å²) in [7, 11) is -3.03. The Morgan fingerprint density at radius 1 is 1.26 bits per heavy atom. The molecule has 0 aliphatic carbocycles. The molecule has 2 fully saturated rings. The van der Waals surface area contributed by atoms with E-state index in [2.05, 4.69) is 4.90 Å². The van der Waals surface area contributed by atoms with Crippen molar-refractivity contribution in [3.8, 4) is 0 Å². The van der Waals surface area contributed by atoms with E-state index >= 15 is 0 Å². The number of carbonyl (C=O) groups excluding carboxylic acids is 1. The summed E-state index contributed by atoms with van der Waals surface area (Å²) in [5, 5.41) is 1.72. The quantitative estimate of drug-likeness (QED) is 0.451. The molecule has 3 heterocycles. The molecule has 1 aromatic carbocycles. The Bertz CT molecular complexity index is 1040. The number of nitrogens with zero attached hydrogens (tertiary/aromatic N) is 4. The van der Waals surface area contributed by atoms with Crippen molar-refractivity contribution in [2.45, 2.75) is 31.0 Å². The molecule has 1 aromatic heterocycles. The number of hydrogen-bond acceptors (Lipinski definition) is 8. The molecule has 0 spiro atoms. The highest BCUT2D eigenvalue weighted by molar-refractivity contribution is 8.00. The van der Waals surface area contributed by atoms with Crippen LogP contribution in [0.2, 0.25) is 0 Å². The van der Waals surface area contributed by atoms with Gasteiger partial charge >= 0.3 is 0 Å². The van der Waals surface area contributed by atoms with Crippen molar-refractivity contribution in [3.05, 3.63) is 30.1 Å². The second-order valence-corrected chi connectivity index (χ2v) is 11.1. The summed E-state index contributed by atoms with van der Waals surface area (Å²) < 4.78 is 29.1. The Morgan fingerprint density at radius 3 is 2.74 bits per heavy atom. The molecule has 0 unspecified atom stereocenters. The van der Waals surface area contributed by atoms with E-state index in [4.69, 9.17) is 14.7 Å². The summed E-state index contributed by atoms with van der Waals surface area (Å²) in [5.41, 5.74) is 0.866. The van der Waals surface area contributed by atoms with Crippen LogP contribution < -0.4 is 0 Å². The van der Waals surface area contributed by atoms with E-state index in [1.807, 2.05) is 31.2 Å². The van der Waals surface area contributed by atoms with Crippen LogP contribution in [0.25, 0.3) is 10.9 Å². The van der Waals surface area contributed by atoms with Crippen LogP contribution in [0, 0.1) is 0 Å². The summed E-state index contributed by atoms with van der Waals surface area (Å²) in [4.78, 5) is 26.4. The van der Waals surface area contributed by atoms with Crippen LogP contribution in [0.3, 0.4) is 0 Å². The fourth-order valence-corrected chi connectivity index (χ4v) is 6.76. The molecule has 0 N–H and O–H groups in total. The molecule has 0 bridgehead atoms. The molecule has 2 aromatic rings. The van der Waals surface area contributed by atoms with Crippen LogP contribution in [-0.4, -0.2) is 90.2 Å². The minimum Gasteiger partial charge on any atom is -0.379 e. The zero-order valence-corrected chi connectivity index (χ0v) is 19.3. The van der Waals surface area contributed by atoms with Crippen LogP contribution in [0.4, 0.5) is 0 Å². The van der Waals surface area contributed by atoms with Crippen LogP contribution in [0.1, 0.15) is 19.2 Å². The second kappa shape index (κ2) is 9.81. The molecule has 2 aliphatic heterocycles. The third kappa shape index (κ3) is 5.54. The fraction of sp³-hybridized carbons (Fsp3) is 0.571. The summed E-state index contributed by atoms with van der Waals surface area (Å²) in [6, 6.07) is 7.62. The highest BCUT2D eigenvalue weighted by atomic mass is 32.2. The molecule has 8 nitrogen and oxygen atoms in total. The van der Waals surface area contributed by atoms with E-state index in [1.165, 1.54) is 11.8 Å². The Labute approximate surface area is 187 Å². The third-order valence-corrected chi connectivity index (χ3v) is 8.45. The van der Waals surface area contributed by atoms with E-state index in [-0.39, 0.29) is 29.2 Å². The monoisotopic (exact) mass is 464 g/mol. The van der Waals surface area contributed by atoms with Crippen molar-refractivity contribution in [1.29, 1.82) is 0 Å². The molecule has 168 valence electrons. The summed E-state index contributed by atoms with van der Waals surface area (Å²) in [6.45, 7) is 6.19. The smallest absolute Gasteiger partial charge is 0.233 e. The molecule has 0 saturated carbocycles. The largest absolute Gasteiger partial charge is 0.379 e. The maximum absolute atomic E-state index is 12.9. The van der Waals surface area contributed by atoms with Crippen LogP contribution >= 0.6 is 11.8 Å². The minimum atomic E-state index is -3.03. The molecule has 2 saturated heterocycles. The predicted molar refractivity (Wildman–Crippen MR) is 121 cm³/mol. The molecule has 0 radical (unpaired) electrons. The number of thioether (sulfide) groups is 1. The number of sulfone groups is 1. The van der Waals surface area contributed by atoms with Crippen LogP contribution in [-0.2, 0) is 25.9 Å². The molecular weight excluding hydrogens is 436 g/mol. The topological polar surface area (TPSA) is 92.7 Å². The summed E-state index contributed by atoms with van der Waals surface area (Å²) in [5.74, 6) is 1.15. The number of hydrogen-bond donors (Lipinski definition) is 0. The number of amides is 1. The first-order chi connectivity index (χ1) is 14.9. The maximum Gasteiger partial charge on any atom is 0.233 e. The van der Waals surface area contributed by atoms with Gasteiger partial charge in [-0.1, -0.05) is 30.0 Å². The lowest BCUT2D eigenvalue weighted by Crippen LogP contribution is -2.41. The van der Waals surface area contributed by atoms with Crippen molar-refractivity contribution < 1.29 is 17.9 Å². The first-order valence-corrected chi connectivity index (χ1v) is 13.4. The van der Waals surface area contributed by atoms with Gasteiger partial charge in [0.15, 0.2) is 9.84 Å². The van der Waals surface area contributed by atoms with Crippen molar-refractivity contribution >= 4 is 38.4 Å². The van der Waals surface area contributed by atoms with Gasteiger partial charge in [-0.2, -0.15) is 0 Å². The Morgan fingerprint density at radius 2 is 2.03 bits per heavy atom. The average Bonchev–Trinajstić information content (AvgIpc) is 3.12. The van der Waals surface area contributed by atoms with E-state index in [1.54, 1.807) is 4.90 Å². The van der Waals surface area contributed by atoms with Gasteiger partial charge in [0.05, 0.1) is 42.5 Å². The number of rotatable bonds is 7. The second-order valence-electron chi connectivity index (χ2n) is 7.88. The van der Waals surface area contributed by atoms with Crippen molar-refractivity contribution in [2.24, 2.45) is 0 Å². The first-order valence-electron chi connectivity index (χ1n) is 10.6. The SMILES string of the molecule is CCN(C(=O)CSc1nc(CN2CCOCC2)nc2ccccc12)[C@H]1CCS(=O)(=O)C1. The van der Waals surface area contributed by atoms with Gasteiger partial charge in [-0.05, 0) is 19.4 Å². The molecular formula is C21H28N4O4S2. The number of morpholine rings is 1. The van der Waals surface area contributed by atoms with E-state index in [0.717, 1.165) is 34.8 Å². The van der Waals surface area contributed by atoms with Crippen LogP contribution in [0.5, 0.6) is 0 Å². The standard InChI is InChI=1S/C21H28N4O4S2/c1-2-25(16-7-12-31(27,28)15-16)20(26)14-30-21-17-5-3-4-6-18(17)22-19(23-21)13-24-8-10-29-11-9-24/h3-6,16H,2,7-15H2,1H3/t16-/m0/s1. The van der Waals surface area contributed by atoms with Gasteiger partial charge in [-0.3, -0.25) is 9.69 Å². The zero-order valence-electron chi connectivity index (χ0n) is 17.7. The third-order valence-electron chi connectivity index (χ3n) is 5.73. The zero-order chi connectivity index (χ0) is 21.8. The first kappa shape index (κ1) is 22.4. The van der Waals surface area contributed by atoms with Crippen molar-refractivity contribution in [1.82, 2.24) is 19.8 Å². The van der Waals surface area contributed by atoms with E-state index < -0.39 is 9.84 Å². The molecule has 1 amide bonds. The highest BCUT2D eigenvalue weighted by Crippen LogP contribution is 2.27. The van der Waals surface area contributed by atoms with Crippen LogP contribution in [0.15, 0.2) is 29.3 Å². The fourth-order valence-electron chi connectivity index (χ4n) is 4.11. The number of carbonyl (C=O) groups is 1. The molecule has 31 heavy (non-hydrogen) atoms. The normalized spacial score (nSPS) is 21.4. The number of aromatic nitrogens is 2. The van der Waals surface area contributed by atoms with Gasteiger partial charge in [0.2, 0.25) is 5.91 Å². The highest BCUT2D eigenvalue weighted by Gasteiger charge is 2.33. The maximum atomic E-state index is 12.9. The molecule has 4 rings (SSSR count). The summed E-state index contributed by atoms with van der Waals surface area (Å²) in [6.07, 6.45) is 0.521. The summed E-state index contributed by atoms with van der Waals surface area (Å²) >= 11 is 1.40. The average molecular weight is 465 g/mol. The van der Waals surface area contributed by atoms with Gasteiger partial charge < -0.3 is 9.64 Å². The van der Waals surface area contributed by atoms with Gasteiger partial charge in [0.1, 0.15) is 10.9 Å². The molecule has 1 atom stereocenters. The van der Waals surface area contributed by atoms with Crippen molar-refractivity contribution in [2.75, 3.05) is 50.1 Å². The van der Waals surface area contributed by atoms with E-state index in [9.17, 15) is 13.2 Å². The number of benzene rings is 1. The van der Waals surface area contributed by atoms with Gasteiger partial charge in [0, 0.05) is 31.1 Å². The Balaban J connectivity index is 1.49. The lowest BCUT2D eigenvalue weighted by Gasteiger charge is -2.27. The Hall–Kier alpha value is -1.75. The molecule has 2 aliphatic rings. The van der Waals surface area contributed by atoms with E-state index in [0.29, 0.717) is 32.7 Å². The van der Waals surface area contributed by atoms with Gasteiger partial charge in [-0.15, -0.1) is 0 Å². The van der Waals surface area contributed by atoms with Gasteiger partial charge in [0.25, 0.3) is 0 Å². The lowest BCUT2D eigenvalue weighted by molar-refractivity contribution is -0.129. The molecule has 10 heteroatoms. The Kier molecular flexibility index (Phi) is 7.10. The number of ether oxygens (including phenoxy) is 1. The van der Waals surface area contributed by atoms with Gasteiger partial charge in [-0.25, -0.2) is 18.4 Å². The predicted octanol–water partition coefficient (Wildman–Crippen LogP) is 1.59.